The Bertz CT molecular complexity index is 814. The Balaban J connectivity index is 2.09. The van der Waals surface area contributed by atoms with E-state index >= 15 is 0 Å². The van der Waals surface area contributed by atoms with Crippen molar-refractivity contribution in [1.82, 2.24) is 10.6 Å². The number of thiocarbonyl (C=S) groups is 1. The second-order valence-electron chi connectivity index (χ2n) is 5.40. The fourth-order valence-electron chi connectivity index (χ4n) is 2.08. The number of carbonyl (C=O) groups excluding carboxylic acids is 1. The topological polar surface area (TPSA) is 53.2 Å². The van der Waals surface area contributed by atoms with Crippen LogP contribution in [0.1, 0.15) is 15.9 Å². The number of hydrogen-bond donors (Lipinski definition) is 3. The van der Waals surface area contributed by atoms with Gasteiger partial charge >= 0.3 is 0 Å². The number of alkyl halides is 3. The standard InChI is InChI=1S/C17H15Cl3IN3OS/c1-10-5-4-6-11(9-10)22-16(26)24-15(17(18,19)20)23-14(25)12-7-2-3-8-13(12)21/h2-9,15H,1H3,(H,23,25)(H2,22,24,26)/t15-/m0/s1. The maximum absolute atomic E-state index is 12.5. The zero-order valence-corrected chi connectivity index (χ0v) is 18.8. The monoisotopic (exact) mass is 541 g/mol. The van der Waals surface area contributed by atoms with E-state index in [9.17, 15) is 4.79 Å². The molecule has 0 spiro atoms. The molecule has 1 atom stereocenters. The van der Waals surface area contributed by atoms with Gasteiger partial charge in [-0.3, -0.25) is 4.79 Å². The van der Waals surface area contributed by atoms with Crippen LogP contribution >= 0.6 is 69.6 Å². The molecule has 0 aliphatic heterocycles. The van der Waals surface area contributed by atoms with Crippen LogP contribution in [0, 0.1) is 10.5 Å². The first-order valence-corrected chi connectivity index (χ1v) is 10.0. The Kier molecular flexibility index (Phi) is 7.78. The maximum Gasteiger partial charge on any atom is 0.254 e. The van der Waals surface area contributed by atoms with E-state index in [0.29, 0.717) is 5.56 Å². The Morgan fingerprint density at radius 3 is 2.42 bits per heavy atom. The summed E-state index contributed by atoms with van der Waals surface area (Å²) in [7, 11) is 0. The molecule has 0 radical (unpaired) electrons. The van der Waals surface area contributed by atoms with Gasteiger partial charge in [0.25, 0.3) is 5.91 Å². The minimum absolute atomic E-state index is 0.218. The predicted octanol–water partition coefficient (Wildman–Crippen LogP) is 5.01. The molecule has 0 fully saturated rings. The van der Waals surface area contributed by atoms with Crippen molar-refractivity contribution in [3.05, 3.63) is 63.2 Å². The van der Waals surface area contributed by atoms with Crippen LogP contribution in [0.2, 0.25) is 0 Å². The van der Waals surface area contributed by atoms with E-state index in [1.807, 2.05) is 43.3 Å². The van der Waals surface area contributed by atoms with Crippen molar-refractivity contribution in [2.24, 2.45) is 0 Å². The summed E-state index contributed by atoms with van der Waals surface area (Å²) in [5.74, 6) is -0.378. The van der Waals surface area contributed by atoms with E-state index in [1.54, 1.807) is 12.1 Å². The van der Waals surface area contributed by atoms with Gasteiger partial charge in [-0.2, -0.15) is 0 Å². The molecule has 0 unspecified atom stereocenters. The first-order valence-electron chi connectivity index (χ1n) is 7.43. The molecule has 26 heavy (non-hydrogen) atoms. The maximum atomic E-state index is 12.5. The molecule has 2 aromatic carbocycles. The molecule has 1 amide bonds. The third-order valence-corrected chi connectivity index (χ3v) is 5.09. The molecule has 4 nitrogen and oxygen atoms in total. The van der Waals surface area contributed by atoms with Gasteiger partial charge in [-0.1, -0.05) is 59.1 Å². The van der Waals surface area contributed by atoms with E-state index in [0.717, 1.165) is 14.8 Å². The van der Waals surface area contributed by atoms with Crippen LogP contribution in [-0.2, 0) is 0 Å². The van der Waals surface area contributed by atoms with Crippen LogP contribution in [0.3, 0.4) is 0 Å². The summed E-state index contributed by atoms with van der Waals surface area (Å²) in [6.45, 7) is 1.97. The molecule has 0 aliphatic rings. The predicted molar refractivity (Wildman–Crippen MR) is 121 cm³/mol. The lowest BCUT2D eigenvalue weighted by Crippen LogP contribution is -2.56. The smallest absolute Gasteiger partial charge is 0.254 e. The average Bonchev–Trinajstić information content (AvgIpc) is 2.53. The van der Waals surface area contributed by atoms with Crippen molar-refractivity contribution in [3.8, 4) is 0 Å². The number of benzene rings is 2. The van der Waals surface area contributed by atoms with Crippen molar-refractivity contribution in [1.29, 1.82) is 0 Å². The summed E-state index contributed by atoms with van der Waals surface area (Å²) in [5.41, 5.74) is 2.34. The van der Waals surface area contributed by atoms with Crippen LogP contribution < -0.4 is 16.0 Å². The highest BCUT2D eigenvalue weighted by atomic mass is 127. The first kappa shape index (κ1) is 21.5. The van der Waals surface area contributed by atoms with Crippen LogP contribution in [-0.4, -0.2) is 21.0 Å². The molecule has 0 aromatic heterocycles. The average molecular weight is 543 g/mol. The molecule has 3 N–H and O–H groups in total. The number of hydrogen-bond acceptors (Lipinski definition) is 2. The first-order chi connectivity index (χ1) is 12.2. The normalized spacial score (nSPS) is 12.2. The summed E-state index contributed by atoms with van der Waals surface area (Å²) >= 11 is 25.4. The largest absolute Gasteiger partial charge is 0.339 e. The minimum atomic E-state index is -1.81. The Morgan fingerprint density at radius 1 is 1.12 bits per heavy atom. The summed E-state index contributed by atoms with van der Waals surface area (Å²) < 4.78 is -1.03. The van der Waals surface area contributed by atoms with Gasteiger partial charge < -0.3 is 16.0 Å². The quantitative estimate of drug-likeness (QED) is 0.220. The van der Waals surface area contributed by atoms with Gasteiger partial charge in [0.1, 0.15) is 6.17 Å². The molecule has 2 aromatic rings. The van der Waals surface area contributed by atoms with Crippen LogP contribution in [0.25, 0.3) is 0 Å². The Morgan fingerprint density at radius 2 is 1.81 bits per heavy atom. The lowest BCUT2D eigenvalue weighted by Gasteiger charge is -2.28. The fourth-order valence-corrected chi connectivity index (χ4v) is 3.27. The van der Waals surface area contributed by atoms with Gasteiger partial charge in [0, 0.05) is 9.26 Å². The zero-order chi connectivity index (χ0) is 19.3. The van der Waals surface area contributed by atoms with Gasteiger partial charge in [-0.05, 0) is 71.6 Å². The Labute approximate surface area is 186 Å². The number of nitrogens with one attached hydrogen (secondary N) is 3. The highest BCUT2D eigenvalue weighted by Crippen LogP contribution is 2.29. The van der Waals surface area contributed by atoms with E-state index in [2.05, 4.69) is 38.5 Å². The number of rotatable bonds is 4. The van der Waals surface area contributed by atoms with Crippen molar-refractivity contribution in [2.45, 2.75) is 16.9 Å². The van der Waals surface area contributed by atoms with Gasteiger partial charge in [0.15, 0.2) is 5.11 Å². The number of aryl methyl sites for hydroxylation is 1. The molecule has 9 heteroatoms. The number of anilines is 1. The van der Waals surface area contributed by atoms with E-state index in [1.165, 1.54) is 0 Å². The third-order valence-electron chi connectivity index (χ3n) is 3.27. The number of amides is 1. The summed E-state index contributed by atoms with van der Waals surface area (Å²) in [6.07, 6.45) is -1.03. The lowest BCUT2D eigenvalue weighted by molar-refractivity contribution is 0.0933. The molecule has 2 rings (SSSR count). The van der Waals surface area contributed by atoms with Crippen molar-refractivity contribution in [3.63, 3.8) is 0 Å². The highest BCUT2D eigenvalue weighted by molar-refractivity contribution is 14.1. The summed E-state index contributed by atoms with van der Waals surface area (Å²) in [5, 5.41) is 8.72. The fraction of sp³-hybridized carbons (Fsp3) is 0.176. The number of carbonyl (C=O) groups is 1. The van der Waals surface area contributed by atoms with Gasteiger partial charge in [-0.25, -0.2) is 0 Å². The lowest BCUT2D eigenvalue weighted by atomic mass is 10.2. The van der Waals surface area contributed by atoms with Gasteiger partial charge in [0.05, 0.1) is 5.56 Å². The van der Waals surface area contributed by atoms with E-state index < -0.39 is 9.96 Å². The summed E-state index contributed by atoms with van der Waals surface area (Å²) in [4.78, 5) is 12.5. The SMILES string of the molecule is Cc1cccc(NC(=S)N[C@H](NC(=O)c2ccccc2I)C(Cl)(Cl)Cl)c1. The minimum Gasteiger partial charge on any atom is -0.339 e. The van der Waals surface area contributed by atoms with Crippen LogP contribution in [0.4, 0.5) is 5.69 Å². The molecule has 0 saturated heterocycles. The number of halogens is 4. The second kappa shape index (κ2) is 9.41. The van der Waals surface area contributed by atoms with E-state index in [-0.39, 0.29) is 11.0 Å². The van der Waals surface area contributed by atoms with Crippen molar-refractivity contribution < 1.29 is 4.79 Å². The summed E-state index contributed by atoms with van der Waals surface area (Å²) in [6, 6.07) is 14.7. The molecule has 0 saturated carbocycles. The van der Waals surface area contributed by atoms with Crippen LogP contribution in [0.15, 0.2) is 48.5 Å². The van der Waals surface area contributed by atoms with Crippen molar-refractivity contribution >= 4 is 86.3 Å². The molecule has 138 valence electrons. The van der Waals surface area contributed by atoms with E-state index in [4.69, 9.17) is 47.0 Å². The molecule has 0 aliphatic carbocycles. The molecular formula is C17H15Cl3IN3OS. The van der Waals surface area contributed by atoms with Gasteiger partial charge in [-0.15, -0.1) is 0 Å². The van der Waals surface area contributed by atoms with Crippen molar-refractivity contribution in [2.75, 3.05) is 5.32 Å². The zero-order valence-electron chi connectivity index (χ0n) is 13.5. The second-order valence-corrected chi connectivity index (χ2v) is 9.34. The van der Waals surface area contributed by atoms with Gasteiger partial charge in [0.2, 0.25) is 3.79 Å². The highest BCUT2D eigenvalue weighted by Gasteiger charge is 2.35. The molecular weight excluding hydrogens is 528 g/mol. The third kappa shape index (κ3) is 6.42. The molecule has 0 heterocycles. The molecule has 0 bridgehead atoms. The Hall–Kier alpha value is -0.800. The van der Waals surface area contributed by atoms with Crippen LogP contribution in [0.5, 0.6) is 0 Å².